The summed E-state index contributed by atoms with van der Waals surface area (Å²) in [6, 6.07) is 12.9. The summed E-state index contributed by atoms with van der Waals surface area (Å²) >= 11 is 12.0. The Kier molecular flexibility index (Phi) is 6.76. The van der Waals surface area contributed by atoms with E-state index in [0.29, 0.717) is 15.7 Å². The summed E-state index contributed by atoms with van der Waals surface area (Å²) in [5.41, 5.74) is 2.54. The number of hydrogen-bond acceptors (Lipinski definition) is 3. The van der Waals surface area contributed by atoms with E-state index in [9.17, 15) is 4.79 Å². The van der Waals surface area contributed by atoms with E-state index < -0.39 is 0 Å². The Morgan fingerprint density at radius 2 is 1.71 bits per heavy atom. The van der Waals surface area contributed by atoms with Gasteiger partial charge in [-0.1, -0.05) is 23.2 Å². The molecular weight excluding hydrogens is 345 g/mol. The fourth-order valence-corrected chi connectivity index (χ4v) is 2.71. The molecule has 1 amide bonds. The number of carbonyl (C=O) groups is 1. The van der Waals surface area contributed by atoms with Gasteiger partial charge in [-0.2, -0.15) is 0 Å². The standard InChI is InChI=1S/C18H21Cl2N3O/c1-3-23(4-2)15-8-6-14(7-9-15)22-18(24)12-21-17-11-13(19)5-10-16(17)20/h5-11,21H,3-4,12H2,1-2H3,(H,22,24). The highest BCUT2D eigenvalue weighted by molar-refractivity contribution is 6.35. The van der Waals surface area contributed by atoms with Gasteiger partial charge < -0.3 is 15.5 Å². The van der Waals surface area contributed by atoms with Gasteiger partial charge in [0.2, 0.25) is 5.91 Å². The molecule has 0 saturated heterocycles. The molecule has 0 bridgehead atoms. The Hall–Kier alpha value is -1.91. The van der Waals surface area contributed by atoms with Gasteiger partial charge in [-0.15, -0.1) is 0 Å². The second kappa shape index (κ2) is 8.81. The number of amides is 1. The minimum Gasteiger partial charge on any atom is -0.375 e. The van der Waals surface area contributed by atoms with Crippen molar-refractivity contribution in [3.63, 3.8) is 0 Å². The Bertz CT molecular complexity index is 685. The molecule has 6 heteroatoms. The van der Waals surface area contributed by atoms with Gasteiger partial charge in [0, 0.05) is 29.5 Å². The van der Waals surface area contributed by atoms with Crippen LogP contribution < -0.4 is 15.5 Å². The second-order valence-electron chi connectivity index (χ2n) is 5.25. The molecule has 0 fully saturated rings. The van der Waals surface area contributed by atoms with Crippen molar-refractivity contribution in [3.8, 4) is 0 Å². The Labute approximate surface area is 152 Å². The monoisotopic (exact) mass is 365 g/mol. The van der Waals surface area contributed by atoms with Crippen molar-refractivity contribution in [2.24, 2.45) is 0 Å². The van der Waals surface area contributed by atoms with Crippen LogP contribution in [0.25, 0.3) is 0 Å². The van der Waals surface area contributed by atoms with Crippen molar-refractivity contribution in [2.45, 2.75) is 13.8 Å². The van der Waals surface area contributed by atoms with Crippen molar-refractivity contribution in [2.75, 3.05) is 35.2 Å². The van der Waals surface area contributed by atoms with Crippen LogP contribution in [0.4, 0.5) is 17.1 Å². The maximum atomic E-state index is 12.1. The molecule has 2 aromatic rings. The lowest BCUT2D eigenvalue weighted by Crippen LogP contribution is -2.23. The molecule has 0 radical (unpaired) electrons. The predicted molar refractivity (Wildman–Crippen MR) is 104 cm³/mol. The van der Waals surface area contributed by atoms with Crippen LogP contribution in [0.5, 0.6) is 0 Å². The second-order valence-corrected chi connectivity index (χ2v) is 6.09. The quantitative estimate of drug-likeness (QED) is 0.733. The van der Waals surface area contributed by atoms with E-state index in [4.69, 9.17) is 23.2 Å². The molecule has 0 heterocycles. The van der Waals surface area contributed by atoms with Crippen LogP contribution in [-0.2, 0) is 4.79 Å². The summed E-state index contributed by atoms with van der Waals surface area (Å²) in [6.07, 6.45) is 0. The molecule has 0 aromatic heterocycles. The topological polar surface area (TPSA) is 44.4 Å². The number of nitrogens with one attached hydrogen (secondary N) is 2. The summed E-state index contributed by atoms with van der Waals surface area (Å²) in [6.45, 7) is 6.24. The summed E-state index contributed by atoms with van der Waals surface area (Å²) in [5.74, 6) is -0.151. The summed E-state index contributed by atoms with van der Waals surface area (Å²) < 4.78 is 0. The number of nitrogens with zero attached hydrogens (tertiary/aromatic N) is 1. The number of anilines is 3. The Balaban J connectivity index is 1.91. The highest BCUT2D eigenvalue weighted by Crippen LogP contribution is 2.25. The molecule has 0 spiro atoms. The minimum absolute atomic E-state index is 0.109. The molecular formula is C18H21Cl2N3O. The number of benzene rings is 2. The Morgan fingerprint density at radius 1 is 1.04 bits per heavy atom. The van der Waals surface area contributed by atoms with Crippen LogP contribution >= 0.6 is 23.2 Å². The van der Waals surface area contributed by atoms with E-state index in [2.05, 4.69) is 29.4 Å². The maximum Gasteiger partial charge on any atom is 0.243 e. The first kappa shape index (κ1) is 18.4. The van der Waals surface area contributed by atoms with Crippen molar-refractivity contribution in [1.29, 1.82) is 0 Å². The highest BCUT2D eigenvalue weighted by atomic mass is 35.5. The molecule has 2 rings (SSSR count). The van der Waals surface area contributed by atoms with Gasteiger partial charge in [0.25, 0.3) is 0 Å². The predicted octanol–water partition coefficient (Wildman–Crippen LogP) is 4.89. The average Bonchev–Trinajstić information content (AvgIpc) is 2.58. The van der Waals surface area contributed by atoms with Gasteiger partial charge >= 0.3 is 0 Å². The third kappa shape index (κ3) is 5.05. The average molecular weight is 366 g/mol. The van der Waals surface area contributed by atoms with Crippen LogP contribution in [0.2, 0.25) is 10.0 Å². The van der Waals surface area contributed by atoms with Crippen LogP contribution in [0, 0.1) is 0 Å². The van der Waals surface area contributed by atoms with Gasteiger partial charge in [0.05, 0.1) is 17.3 Å². The zero-order valence-corrected chi connectivity index (χ0v) is 15.3. The molecule has 0 atom stereocenters. The SMILES string of the molecule is CCN(CC)c1ccc(NC(=O)CNc2cc(Cl)ccc2Cl)cc1. The molecule has 0 saturated carbocycles. The molecule has 4 nitrogen and oxygen atoms in total. The molecule has 128 valence electrons. The van der Waals surface area contributed by atoms with Crippen LogP contribution in [0.15, 0.2) is 42.5 Å². The van der Waals surface area contributed by atoms with Crippen molar-refractivity contribution in [1.82, 2.24) is 0 Å². The number of rotatable bonds is 7. The van der Waals surface area contributed by atoms with Gasteiger partial charge in [0.15, 0.2) is 0 Å². The zero-order chi connectivity index (χ0) is 17.5. The largest absolute Gasteiger partial charge is 0.375 e. The third-order valence-corrected chi connectivity index (χ3v) is 4.21. The normalized spacial score (nSPS) is 10.3. The van der Waals surface area contributed by atoms with E-state index in [0.717, 1.165) is 24.5 Å². The number of hydrogen-bond donors (Lipinski definition) is 2. The van der Waals surface area contributed by atoms with Crippen LogP contribution in [0.1, 0.15) is 13.8 Å². The first-order valence-electron chi connectivity index (χ1n) is 7.87. The van der Waals surface area contributed by atoms with E-state index in [-0.39, 0.29) is 12.5 Å². The lowest BCUT2D eigenvalue weighted by molar-refractivity contribution is -0.114. The smallest absolute Gasteiger partial charge is 0.243 e. The van der Waals surface area contributed by atoms with Gasteiger partial charge in [-0.05, 0) is 56.3 Å². The molecule has 0 aliphatic carbocycles. The van der Waals surface area contributed by atoms with Gasteiger partial charge in [0.1, 0.15) is 0 Å². The fourth-order valence-electron chi connectivity index (χ4n) is 2.36. The first-order valence-corrected chi connectivity index (χ1v) is 8.62. The van der Waals surface area contributed by atoms with E-state index >= 15 is 0 Å². The highest BCUT2D eigenvalue weighted by Gasteiger charge is 2.06. The van der Waals surface area contributed by atoms with E-state index in [1.807, 2.05) is 24.3 Å². The van der Waals surface area contributed by atoms with Crippen molar-refractivity contribution in [3.05, 3.63) is 52.5 Å². The molecule has 0 aliphatic heterocycles. The zero-order valence-electron chi connectivity index (χ0n) is 13.8. The number of carbonyl (C=O) groups excluding carboxylic acids is 1. The summed E-state index contributed by atoms with van der Waals surface area (Å²) in [5, 5.41) is 6.93. The lowest BCUT2D eigenvalue weighted by Gasteiger charge is -2.21. The van der Waals surface area contributed by atoms with Crippen LogP contribution in [-0.4, -0.2) is 25.5 Å². The molecule has 0 aliphatic rings. The fraction of sp³-hybridized carbons (Fsp3) is 0.278. The lowest BCUT2D eigenvalue weighted by atomic mass is 10.2. The molecule has 0 unspecified atom stereocenters. The van der Waals surface area contributed by atoms with Gasteiger partial charge in [-0.25, -0.2) is 0 Å². The summed E-state index contributed by atoms with van der Waals surface area (Å²) in [4.78, 5) is 14.3. The molecule has 2 aromatic carbocycles. The van der Waals surface area contributed by atoms with Gasteiger partial charge in [-0.3, -0.25) is 4.79 Å². The minimum atomic E-state index is -0.151. The van der Waals surface area contributed by atoms with Crippen LogP contribution in [0.3, 0.4) is 0 Å². The first-order chi connectivity index (χ1) is 11.5. The third-order valence-electron chi connectivity index (χ3n) is 3.65. The van der Waals surface area contributed by atoms with E-state index in [1.54, 1.807) is 18.2 Å². The molecule has 24 heavy (non-hydrogen) atoms. The van der Waals surface area contributed by atoms with Crippen molar-refractivity contribution >= 4 is 46.2 Å². The van der Waals surface area contributed by atoms with Crippen molar-refractivity contribution < 1.29 is 4.79 Å². The maximum absolute atomic E-state index is 12.1. The Morgan fingerprint density at radius 3 is 2.33 bits per heavy atom. The summed E-state index contributed by atoms with van der Waals surface area (Å²) in [7, 11) is 0. The molecule has 2 N–H and O–H groups in total. The number of halogens is 2. The van der Waals surface area contributed by atoms with E-state index in [1.165, 1.54) is 0 Å².